The van der Waals surface area contributed by atoms with Crippen molar-refractivity contribution in [2.24, 2.45) is 0 Å². The number of aromatic nitrogens is 3. The number of benzene rings is 2. The average molecular weight is 474 g/mol. The van der Waals surface area contributed by atoms with Crippen LogP contribution in [0.2, 0.25) is 10.0 Å². The van der Waals surface area contributed by atoms with Crippen molar-refractivity contribution < 1.29 is 0 Å². The van der Waals surface area contributed by atoms with Gasteiger partial charge in [-0.3, -0.25) is 0 Å². The zero-order valence-corrected chi connectivity index (χ0v) is 20.1. The minimum atomic E-state index is 0.643. The summed E-state index contributed by atoms with van der Waals surface area (Å²) >= 11 is 16.0. The summed E-state index contributed by atoms with van der Waals surface area (Å²) in [7, 11) is 0. The second-order valence-corrected chi connectivity index (χ2v) is 9.83. The molecule has 0 amide bonds. The van der Waals surface area contributed by atoms with Crippen LogP contribution in [-0.2, 0) is 12.3 Å². The average Bonchev–Trinajstić information content (AvgIpc) is 3.31. The first-order chi connectivity index (χ1) is 14.5. The molecule has 0 bridgehead atoms. The molecular weight excluding hydrogens is 453 g/mol. The first-order valence-electron chi connectivity index (χ1n) is 9.64. The minimum absolute atomic E-state index is 0.643. The minimum Gasteiger partial charge on any atom is -0.302 e. The van der Waals surface area contributed by atoms with Gasteiger partial charge in [0.1, 0.15) is 0 Å². The van der Waals surface area contributed by atoms with E-state index in [0.717, 1.165) is 28.7 Å². The molecule has 30 heavy (non-hydrogen) atoms. The first-order valence-corrected chi connectivity index (χ1v) is 12.3. The first kappa shape index (κ1) is 21.4. The molecule has 0 radical (unpaired) electrons. The van der Waals surface area contributed by atoms with E-state index in [0.29, 0.717) is 15.8 Å². The Morgan fingerprint density at radius 1 is 1.00 bits per heavy atom. The number of aryl methyl sites for hydroxylation is 2. The second kappa shape index (κ2) is 9.15. The van der Waals surface area contributed by atoms with Crippen LogP contribution in [0.25, 0.3) is 22.5 Å². The summed E-state index contributed by atoms with van der Waals surface area (Å²) in [5.41, 5.74) is 5.73. The Labute approximate surface area is 195 Å². The molecule has 3 nitrogen and oxygen atoms in total. The SMILES string of the molecule is CCn1c(SCc2c(Cl)cccc2Cl)nnc1-c1csc(C)c1-c1ccc(C)cc1. The number of thioether (sulfide) groups is 1. The smallest absolute Gasteiger partial charge is 0.191 e. The summed E-state index contributed by atoms with van der Waals surface area (Å²) in [4.78, 5) is 1.27. The maximum absolute atomic E-state index is 6.33. The van der Waals surface area contributed by atoms with Crippen LogP contribution in [0.15, 0.2) is 53.0 Å². The maximum atomic E-state index is 6.33. The molecule has 0 N–H and O–H groups in total. The van der Waals surface area contributed by atoms with Gasteiger partial charge < -0.3 is 4.57 Å². The van der Waals surface area contributed by atoms with E-state index in [1.807, 2.05) is 18.2 Å². The Kier molecular flexibility index (Phi) is 6.54. The van der Waals surface area contributed by atoms with Gasteiger partial charge in [-0.2, -0.15) is 0 Å². The van der Waals surface area contributed by atoms with Crippen LogP contribution in [0.3, 0.4) is 0 Å². The maximum Gasteiger partial charge on any atom is 0.191 e. The monoisotopic (exact) mass is 473 g/mol. The lowest BCUT2D eigenvalue weighted by Crippen LogP contribution is -2.00. The van der Waals surface area contributed by atoms with Crippen LogP contribution in [0.5, 0.6) is 0 Å². The highest BCUT2D eigenvalue weighted by atomic mass is 35.5. The van der Waals surface area contributed by atoms with Crippen LogP contribution >= 0.6 is 46.3 Å². The third-order valence-electron chi connectivity index (χ3n) is 5.00. The Morgan fingerprint density at radius 3 is 2.37 bits per heavy atom. The van der Waals surface area contributed by atoms with E-state index in [4.69, 9.17) is 23.2 Å². The van der Waals surface area contributed by atoms with E-state index in [1.54, 1.807) is 23.1 Å². The molecule has 0 unspecified atom stereocenters. The molecule has 154 valence electrons. The molecule has 0 saturated heterocycles. The molecule has 0 aliphatic rings. The van der Waals surface area contributed by atoms with Crippen molar-refractivity contribution in [1.82, 2.24) is 14.8 Å². The third-order valence-corrected chi connectivity index (χ3v) is 7.61. The molecule has 0 aliphatic carbocycles. The molecule has 0 saturated carbocycles. The lowest BCUT2D eigenvalue weighted by atomic mass is 10.0. The quantitative estimate of drug-likeness (QED) is 0.266. The van der Waals surface area contributed by atoms with Crippen molar-refractivity contribution in [2.75, 3.05) is 0 Å². The number of halogens is 2. The van der Waals surface area contributed by atoms with Crippen molar-refractivity contribution >= 4 is 46.3 Å². The van der Waals surface area contributed by atoms with E-state index in [1.165, 1.54) is 21.6 Å². The van der Waals surface area contributed by atoms with Crippen LogP contribution in [-0.4, -0.2) is 14.8 Å². The van der Waals surface area contributed by atoms with Crippen LogP contribution in [0.4, 0.5) is 0 Å². The molecule has 2 aromatic heterocycles. The summed E-state index contributed by atoms with van der Waals surface area (Å²) in [5, 5.41) is 13.4. The van der Waals surface area contributed by atoms with Gasteiger partial charge in [-0.15, -0.1) is 21.5 Å². The molecule has 0 fully saturated rings. The highest BCUT2D eigenvalue weighted by Crippen LogP contribution is 2.40. The fourth-order valence-corrected chi connectivity index (χ4v) is 5.99. The van der Waals surface area contributed by atoms with Crippen molar-refractivity contribution in [3.05, 3.63) is 73.9 Å². The van der Waals surface area contributed by atoms with Crippen molar-refractivity contribution in [3.8, 4) is 22.5 Å². The molecule has 4 rings (SSSR count). The number of thiophene rings is 1. The van der Waals surface area contributed by atoms with Crippen molar-refractivity contribution in [3.63, 3.8) is 0 Å². The Morgan fingerprint density at radius 2 is 1.70 bits per heavy atom. The standard InChI is InChI=1S/C23H21Cl2N3S2/c1-4-28-22(18-13-29-15(3)21(18)16-10-8-14(2)9-11-16)26-27-23(28)30-12-17-19(24)6-5-7-20(17)25/h5-11,13H,4,12H2,1-3H3. The fraction of sp³-hybridized carbons (Fsp3) is 0.217. The largest absolute Gasteiger partial charge is 0.302 e. The van der Waals surface area contributed by atoms with E-state index < -0.39 is 0 Å². The lowest BCUT2D eigenvalue weighted by molar-refractivity contribution is 0.687. The van der Waals surface area contributed by atoms with Gasteiger partial charge in [-0.05, 0) is 44.0 Å². The van der Waals surface area contributed by atoms with Crippen molar-refractivity contribution in [1.29, 1.82) is 0 Å². The van der Waals surface area contributed by atoms with Gasteiger partial charge in [0.05, 0.1) is 0 Å². The highest BCUT2D eigenvalue weighted by molar-refractivity contribution is 7.98. The van der Waals surface area contributed by atoms with E-state index in [9.17, 15) is 0 Å². The van der Waals surface area contributed by atoms with E-state index in [-0.39, 0.29) is 0 Å². The van der Waals surface area contributed by atoms with Crippen LogP contribution in [0, 0.1) is 13.8 Å². The van der Waals surface area contributed by atoms with E-state index in [2.05, 4.69) is 65.2 Å². The third kappa shape index (κ3) is 4.17. The number of hydrogen-bond acceptors (Lipinski definition) is 4. The second-order valence-electron chi connectivity index (χ2n) is 6.99. The van der Waals surface area contributed by atoms with Crippen LogP contribution < -0.4 is 0 Å². The molecule has 7 heteroatoms. The Balaban J connectivity index is 1.69. The number of rotatable bonds is 6. The summed E-state index contributed by atoms with van der Waals surface area (Å²) in [6.45, 7) is 7.16. The number of hydrogen-bond donors (Lipinski definition) is 0. The van der Waals surface area contributed by atoms with Gasteiger partial charge in [-0.25, -0.2) is 0 Å². The summed E-state index contributed by atoms with van der Waals surface area (Å²) in [5.74, 6) is 1.54. The van der Waals surface area contributed by atoms with Gasteiger partial charge >= 0.3 is 0 Å². The van der Waals surface area contributed by atoms with Crippen LogP contribution in [0.1, 0.15) is 22.9 Å². The van der Waals surface area contributed by atoms with Gasteiger partial charge in [0.15, 0.2) is 11.0 Å². The van der Waals surface area contributed by atoms with E-state index >= 15 is 0 Å². The van der Waals surface area contributed by atoms with Gasteiger partial charge in [0.25, 0.3) is 0 Å². The Bertz CT molecular complexity index is 1160. The normalized spacial score (nSPS) is 11.2. The predicted octanol–water partition coefficient (Wildman–Crippen LogP) is 7.91. The molecule has 4 aromatic rings. The highest BCUT2D eigenvalue weighted by Gasteiger charge is 2.20. The molecule has 0 spiro atoms. The number of nitrogens with zero attached hydrogens (tertiary/aromatic N) is 3. The van der Waals surface area contributed by atoms with Gasteiger partial charge in [-0.1, -0.05) is 70.9 Å². The molecule has 2 aromatic carbocycles. The predicted molar refractivity (Wildman–Crippen MR) is 130 cm³/mol. The topological polar surface area (TPSA) is 30.7 Å². The lowest BCUT2D eigenvalue weighted by Gasteiger charge is -2.10. The summed E-state index contributed by atoms with van der Waals surface area (Å²) < 4.78 is 2.16. The van der Waals surface area contributed by atoms with Gasteiger partial charge in [0.2, 0.25) is 0 Å². The molecule has 0 aliphatic heterocycles. The zero-order chi connectivity index (χ0) is 21.3. The van der Waals surface area contributed by atoms with Crippen molar-refractivity contribution in [2.45, 2.75) is 38.2 Å². The zero-order valence-electron chi connectivity index (χ0n) is 16.9. The Hall–Kier alpha value is -1.79. The summed E-state index contributed by atoms with van der Waals surface area (Å²) in [6.07, 6.45) is 0. The molecule has 0 atom stereocenters. The molecule has 2 heterocycles. The summed E-state index contributed by atoms with van der Waals surface area (Å²) in [6, 6.07) is 14.2. The molecular formula is C23H21Cl2N3S2. The van der Waals surface area contributed by atoms with Gasteiger partial charge in [0, 0.05) is 43.7 Å². The fourth-order valence-electron chi connectivity index (χ4n) is 3.39.